The average Bonchev–Trinajstić information content (AvgIpc) is 2.84. The largest absolute Gasteiger partial charge is 0.496 e. The van der Waals surface area contributed by atoms with E-state index in [9.17, 15) is 0 Å². The molecule has 1 aromatic carbocycles. The molecule has 0 radical (unpaired) electrons. The molecule has 1 unspecified atom stereocenters. The Balaban J connectivity index is 2.41. The number of ether oxygens (including phenoxy) is 1. The van der Waals surface area contributed by atoms with Gasteiger partial charge in [0.1, 0.15) is 5.75 Å². The van der Waals surface area contributed by atoms with Gasteiger partial charge >= 0.3 is 0 Å². The Morgan fingerprint density at radius 1 is 1.38 bits per heavy atom. The van der Waals surface area contributed by atoms with Crippen LogP contribution in [0.5, 0.6) is 5.75 Å². The van der Waals surface area contributed by atoms with Gasteiger partial charge < -0.3 is 10.1 Å². The van der Waals surface area contributed by atoms with Crippen molar-refractivity contribution in [1.82, 2.24) is 14.9 Å². The zero-order valence-corrected chi connectivity index (χ0v) is 9.99. The molecule has 0 aliphatic heterocycles. The summed E-state index contributed by atoms with van der Waals surface area (Å²) in [6.45, 7) is 0. The molecule has 1 atom stereocenters. The number of nitrogens with zero attached hydrogens (tertiary/aromatic N) is 2. The van der Waals surface area contributed by atoms with Crippen LogP contribution in [0.4, 0.5) is 0 Å². The first-order chi connectivity index (χ1) is 7.86. The molecule has 0 amide bonds. The van der Waals surface area contributed by atoms with Crippen molar-refractivity contribution < 1.29 is 4.74 Å². The van der Waals surface area contributed by atoms with Crippen LogP contribution in [-0.2, 0) is 0 Å². The Morgan fingerprint density at radius 3 is 2.81 bits per heavy atom. The summed E-state index contributed by atoms with van der Waals surface area (Å²) in [5.74, 6) is 0.871. The number of nitrogens with one attached hydrogen (secondary N) is 1. The predicted molar refractivity (Wildman–Crippen MR) is 63.8 cm³/mol. The summed E-state index contributed by atoms with van der Waals surface area (Å²) >= 11 is 1.39. The van der Waals surface area contributed by atoms with Crippen molar-refractivity contribution in [2.45, 2.75) is 6.04 Å². The highest BCUT2D eigenvalue weighted by molar-refractivity contribution is 7.05. The lowest BCUT2D eigenvalue weighted by Gasteiger charge is -2.16. The highest BCUT2D eigenvalue weighted by Crippen LogP contribution is 2.30. The SMILES string of the molecule is CNC(c1cnns1)c1ccccc1OC. The molecule has 0 fully saturated rings. The van der Waals surface area contributed by atoms with E-state index in [1.165, 1.54) is 11.5 Å². The van der Waals surface area contributed by atoms with Crippen molar-refractivity contribution >= 4 is 11.5 Å². The third kappa shape index (κ3) is 2.05. The highest BCUT2D eigenvalue weighted by atomic mass is 32.1. The van der Waals surface area contributed by atoms with Crippen LogP contribution >= 0.6 is 11.5 Å². The van der Waals surface area contributed by atoms with Gasteiger partial charge in [0.25, 0.3) is 0 Å². The lowest BCUT2D eigenvalue weighted by molar-refractivity contribution is 0.405. The molecule has 0 saturated carbocycles. The number of para-hydroxylation sites is 1. The van der Waals surface area contributed by atoms with Gasteiger partial charge in [-0.25, -0.2) is 0 Å². The Morgan fingerprint density at radius 2 is 2.19 bits per heavy atom. The van der Waals surface area contributed by atoms with Gasteiger partial charge in [-0.2, -0.15) is 0 Å². The predicted octanol–water partition coefficient (Wildman–Crippen LogP) is 1.86. The monoisotopic (exact) mass is 235 g/mol. The second-order valence-electron chi connectivity index (χ2n) is 3.28. The first-order valence-electron chi connectivity index (χ1n) is 4.94. The minimum atomic E-state index is 0.0798. The van der Waals surface area contributed by atoms with Crippen molar-refractivity contribution in [3.05, 3.63) is 40.9 Å². The summed E-state index contributed by atoms with van der Waals surface area (Å²) in [4.78, 5) is 1.08. The van der Waals surface area contributed by atoms with Gasteiger partial charge in [-0.05, 0) is 24.6 Å². The van der Waals surface area contributed by atoms with Crippen molar-refractivity contribution in [1.29, 1.82) is 0 Å². The van der Waals surface area contributed by atoms with Crippen LogP contribution in [0.3, 0.4) is 0 Å². The molecule has 5 heteroatoms. The smallest absolute Gasteiger partial charge is 0.124 e. The summed E-state index contributed by atoms with van der Waals surface area (Å²) in [5.41, 5.74) is 1.10. The van der Waals surface area contributed by atoms with E-state index in [4.69, 9.17) is 4.74 Å². The fraction of sp³-hybridized carbons (Fsp3) is 0.273. The summed E-state index contributed by atoms with van der Waals surface area (Å²) < 4.78 is 9.23. The van der Waals surface area contributed by atoms with Crippen LogP contribution in [0.25, 0.3) is 0 Å². The first kappa shape index (κ1) is 11.0. The molecule has 0 bridgehead atoms. The van der Waals surface area contributed by atoms with Crippen molar-refractivity contribution in [2.24, 2.45) is 0 Å². The summed E-state index contributed by atoms with van der Waals surface area (Å²) in [7, 11) is 3.59. The van der Waals surface area contributed by atoms with Gasteiger partial charge in [0.05, 0.1) is 24.2 Å². The number of methoxy groups -OCH3 is 1. The van der Waals surface area contributed by atoms with Gasteiger partial charge in [0.15, 0.2) is 0 Å². The molecule has 1 heterocycles. The molecular weight excluding hydrogens is 222 g/mol. The van der Waals surface area contributed by atoms with E-state index < -0.39 is 0 Å². The van der Waals surface area contributed by atoms with E-state index in [0.29, 0.717) is 0 Å². The van der Waals surface area contributed by atoms with E-state index in [-0.39, 0.29) is 6.04 Å². The first-order valence-corrected chi connectivity index (χ1v) is 5.71. The van der Waals surface area contributed by atoms with Gasteiger partial charge in [-0.15, -0.1) is 5.10 Å². The van der Waals surface area contributed by atoms with Gasteiger partial charge in [-0.1, -0.05) is 22.7 Å². The van der Waals surface area contributed by atoms with Crippen LogP contribution in [0, 0.1) is 0 Å². The maximum absolute atomic E-state index is 5.35. The van der Waals surface area contributed by atoms with Crippen LogP contribution in [-0.4, -0.2) is 23.7 Å². The molecule has 84 valence electrons. The maximum Gasteiger partial charge on any atom is 0.124 e. The third-order valence-electron chi connectivity index (χ3n) is 2.40. The number of aromatic nitrogens is 2. The number of hydrogen-bond donors (Lipinski definition) is 1. The lowest BCUT2D eigenvalue weighted by Crippen LogP contribution is -2.17. The zero-order valence-electron chi connectivity index (χ0n) is 9.18. The van der Waals surface area contributed by atoms with Crippen molar-refractivity contribution in [3.8, 4) is 5.75 Å². The second kappa shape index (κ2) is 5.05. The van der Waals surface area contributed by atoms with Gasteiger partial charge in [0, 0.05) is 5.56 Å². The van der Waals surface area contributed by atoms with E-state index >= 15 is 0 Å². The molecule has 0 aliphatic carbocycles. The van der Waals surface area contributed by atoms with E-state index in [1.54, 1.807) is 13.3 Å². The third-order valence-corrected chi connectivity index (χ3v) is 3.13. The van der Waals surface area contributed by atoms with Crippen molar-refractivity contribution in [3.63, 3.8) is 0 Å². The molecule has 0 saturated heterocycles. The van der Waals surface area contributed by atoms with E-state index in [2.05, 4.69) is 14.9 Å². The number of benzene rings is 1. The van der Waals surface area contributed by atoms with Crippen molar-refractivity contribution in [2.75, 3.05) is 14.2 Å². The topological polar surface area (TPSA) is 47.0 Å². The molecule has 1 aromatic heterocycles. The zero-order chi connectivity index (χ0) is 11.4. The molecule has 0 spiro atoms. The number of hydrogen-bond acceptors (Lipinski definition) is 5. The Hall–Kier alpha value is -1.46. The normalized spacial score (nSPS) is 12.4. The fourth-order valence-electron chi connectivity index (χ4n) is 1.66. The molecular formula is C11H13N3OS. The molecule has 1 N–H and O–H groups in total. The Bertz CT molecular complexity index is 444. The standard InChI is InChI=1S/C11H13N3OS/c1-12-11(10-7-13-14-16-10)8-5-3-4-6-9(8)15-2/h3-7,11-12H,1-2H3. The summed E-state index contributed by atoms with van der Waals surface area (Å²) in [5, 5.41) is 7.11. The molecule has 2 aromatic rings. The second-order valence-corrected chi connectivity index (χ2v) is 4.10. The Labute approximate surface area is 98.4 Å². The summed E-state index contributed by atoms with van der Waals surface area (Å²) in [6, 6.07) is 8.03. The fourth-order valence-corrected chi connectivity index (χ4v) is 2.29. The van der Waals surface area contributed by atoms with E-state index in [0.717, 1.165) is 16.2 Å². The van der Waals surface area contributed by atoms with Gasteiger partial charge in [-0.3, -0.25) is 0 Å². The molecule has 0 aliphatic rings. The van der Waals surface area contributed by atoms with Crippen LogP contribution in [0.15, 0.2) is 30.5 Å². The van der Waals surface area contributed by atoms with E-state index in [1.807, 2.05) is 31.3 Å². The number of rotatable bonds is 4. The highest BCUT2D eigenvalue weighted by Gasteiger charge is 2.17. The minimum Gasteiger partial charge on any atom is -0.496 e. The average molecular weight is 235 g/mol. The summed E-state index contributed by atoms with van der Waals surface area (Å²) in [6.07, 6.45) is 1.78. The van der Waals surface area contributed by atoms with Crippen LogP contribution < -0.4 is 10.1 Å². The molecule has 4 nitrogen and oxygen atoms in total. The lowest BCUT2D eigenvalue weighted by atomic mass is 10.1. The van der Waals surface area contributed by atoms with Crippen LogP contribution in [0.2, 0.25) is 0 Å². The van der Waals surface area contributed by atoms with Crippen LogP contribution in [0.1, 0.15) is 16.5 Å². The van der Waals surface area contributed by atoms with Gasteiger partial charge in [0.2, 0.25) is 0 Å². The molecule has 2 rings (SSSR count). The maximum atomic E-state index is 5.35. The molecule has 16 heavy (non-hydrogen) atoms. The Kier molecular flexibility index (Phi) is 3.48. The quantitative estimate of drug-likeness (QED) is 0.878. The minimum absolute atomic E-state index is 0.0798.